The van der Waals surface area contributed by atoms with Crippen molar-refractivity contribution < 1.29 is 0 Å². The molecule has 0 aliphatic heterocycles. The summed E-state index contributed by atoms with van der Waals surface area (Å²) in [7, 11) is 0. The van der Waals surface area contributed by atoms with Crippen LogP contribution in [0.25, 0.3) is 0 Å². The smallest absolute Gasteiger partial charge is 0.166 e. The van der Waals surface area contributed by atoms with Crippen LogP contribution in [-0.4, -0.2) is 18.2 Å². The summed E-state index contributed by atoms with van der Waals surface area (Å²) in [5, 5.41) is 7.17. The lowest BCUT2D eigenvalue weighted by atomic mass is 10.1. The van der Waals surface area contributed by atoms with E-state index in [9.17, 15) is 0 Å². The lowest BCUT2D eigenvalue weighted by Crippen LogP contribution is -2.36. The molecule has 0 saturated heterocycles. The third kappa shape index (κ3) is 5.71. The van der Waals surface area contributed by atoms with Gasteiger partial charge in [-0.3, -0.25) is 0 Å². The quantitative estimate of drug-likeness (QED) is 0.586. The molecule has 0 amide bonds. The first-order valence-electron chi connectivity index (χ1n) is 5.88. The SMILES string of the molecule is CCCCNC(=S)NCCc1ccccc1. The van der Waals surface area contributed by atoms with Gasteiger partial charge in [0.2, 0.25) is 0 Å². The van der Waals surface area contributed by atoms with Gasteiger partial charge in [-0.2, -0.15) is 0 Å². The predicted molar refractivity (Wildman–Crippen MR) is 73.7 cm³/mol. The molecular formula is C13H20N2S. The van der Waals surface area contributed by atoms with Gasteiger partial charge in [0.1, 0.15) is 0 Å². The van der Waals surface area contributed by atoms with Gasteiger partial charge in [0.15, 0.2) is 5.11 Å². The minimum absolute atomic E-state index is 0.768. The van der Waals surface area contributed by atoms with E-state index in [-0.39, 0.29) is 0 Å². The van der Waals surface area contributed by atoms with Crippen LogP contribution in [-0.2, 0) is 6.42 Å². The van der Waals surface area contributed by atoms with E-state index in [1.165, 1.54) is 18.4 Å². The molecule has 0 radical (unpaired) electrons. The van der Waals surface area contributed by atoms with Crippen molar-refractivity contribution in [3.8, 4) is 0 Å². The second-order valence-corrected chi connectivity index (χ2v) is 4.18. The number of hydrogen-bond donors (Lipinski definition) is 2. The molecule has 0 atom stereocenters. The largest absolute Gasteiger partial charge is 0.363 e. The first kappa shape index (κ1) is 13.0. The molecule has 88 valence electrons. The second-order valence-electron chi connectivity index (χ2n) is 3.77. The Kier molecular flexibility index (Phi) is 6.58. The van der Waals surface area contributed by atoms with Crippen LogP contribution in [0.4, 0.5) is 0 Å². The number of unbranched alkanes of at least 4 members (excludes halogenated alkanes) is 1. The van der Waals surface area contributed by atoms with Crippen molar-refractivity contribution in [2.75, 3.05) is 13.1 Å². The fourth-order valence-electron chi connectivity index (χ4n) is 1.41. The van der Waals surface area contributed by atoms with Crippen molar-refractivity contribution in [3.63, 3.8) is 0 Å². The molecule has 3 heteroatoms. The molecule has 0 saturated carbocycles. The Morgan fingerprint density at radius 3 is 2.50 bits per heavy atom. The van der Waals surface area contributed by atoms with Gasteiger partial charge >= 0.3 is 0 Å². The zero-order valence-corrected chi connectivity index (χ0v) is 10.6. The summed E-state index contributed by atoms with van der Waals surface area (Å²) < 4.78 is 0. The highest BCUT2D eigenvalue weighted by molar-refractivity contribution is 7.80. The second kappa shape index (κ2) is 8.11. The van der Waals surface area contributed by atoms with E-state index in [0.29, 0.717) is 0 Å². The zero-order valence-electron chi connectivity index (χ0n) is 9.83. The van der Waals surface area contributed by atoms with Gasteiger partial charge in [0, 0.05) is 13.1 Å². The molecular weight excluding hydrogens is 216 g/mol. The Balaban J connectivity index is 2.09. The average Bonchev–Trinajstić information content (AvgIpc) is 2.31. The van der Waals surface area contributed by atoms with Crippen LogP contribution in [0.3, 0.4) is 0 Å². The van der Waals surface area contributed by atoms with Crippen LogP contribution in [0.1, 0.15) is 25.3 Å². The molecule has 1 aromatic rings. The van der Waals surface area contributed by atoms with Crippen LogP contribution >= 0.6 is 12.2 Å². The van der Waals surface area contributed by atoms with E-state index in [1.54, 1.807) is 0 Å². The maximum Gasteiger partial charge on any atom is 0.166 e. The Bertz CT molecular complexity index is 298. The molecule has 0 aromatic heterocycles. The van der Waals surface area contributed by atoms with Crippen molar-refractivity contribution >= 4 is 17.3 Å². The van der Waals surface area contributed by atoms with E-state index >= 15 is 0 Å². The highest BCUT2D eigenvalue weighted by atomic mass is 32.1. The zero-order chi connectivity index (χ0) is 11.6. The number of nitrogens with one attached hydrogen (secondary N) is 2. The van der Waals surface area contributed by atoms with Gasteiger partial charge in [0.05, 0.1) is 0 Å². The predicted octanol–water partition coefficient (Wildman–Crippen LogP) is 2.49. The van der Waals surface area contributed by atoms with Crippen LogP contribution in [0.15, 0.2) is 30.3 Å². The van der Waals surface area contributed by atoms with Gasteiger partial charge in [-0.1, -0.05) is 43.7 Å². The van der Waals surface area contributed by atoms with E-state index in [1.807, 2.05) is 6.07 Å². The Morgan fingerprint density at radius 2 is 1.81 bits per heavy atom. The number of hydrogen-bond acceptors (Lipinski definition) is 1. The van der Waals surface area contributed by atoms with Crippen molar-refractivity contribution in [1.29, 1.82) is 0 Å². The van der Waals surface area contributed by atoms with Gasteiger partial charge in [-0.15, -0.1) is 0 Å². The van der Waals surface area contributed by atoms with Gasteiger partial charge in [-0.25, -0.2) is 0 Å². The monoisotopic (exact) mass is 236 g/mol. The summed E-state index contributed by atoms with van der Waals surface area (Å²) in [5.74, 6) is 0. The topological polar surface area (TPSA) is 24.1 Å². The number of benzene rings is 1. The summed E-state index contributed by atoms with van der Waals surface area (Å²) in [6, 6.07) is 10.4. The minimum Gasteiger partial charge on any atom is -0.363 e. The van der Waals surface area contributed by atoms with Crippen LogP contribution in [0.5, 0.6) is 0 Å². The lowest BCUT2D eigenvalue weighted by Gasteiger charge is -2.09. The Morgan fingerprint density at radius 1 is 1.12 bits per heavy atom. The summed E-state index contributed by atoms with van der Waals surface area (Å²) in [6.45, 7) is 4.03. The van der Waals surface area contributed by atoms with E-state index in [2.05, 4.69) is 41.8 Å². The van der Waals surface area contributed by atoms with E-state index in [0.717, 1.165) is 24.6 Å². The first-order valence-corrected chi connectivity index (χ1v) is 6.29. The third-order valence-electron chi connectivity index (χ3n) is 2.36. The molecule has 1 aromatic carbocycles. The molecule has 0 aliphatic rings. The summed E-state index contributed by atoms with van der Waals surface area (Å²) in [5.41, 5.74) is 1.34. The van der Waals surface area contributed by atoms with Crippen molar-refractivity contribution in [3.05, 3.63) is 35.9 Å². The highest BCUT2D eigenvalue weighted by Gasteiger charge is 1.94. The van der Waals surface area contributed by atoms with E-state index in [4.69, 9.17) is 12.2 Å². The molecule has 2 N–H and O–H groups in total. The highest BCUT2D eigenvalue weighted by Crippen LogP contribution is 1.97. The Hall–Kier alpha value is -1.09. The maximum absolute atomic E-state index is 5.16. The fraction of sp³-hybridized carbons (Fsp3) is 0.462. The summed E-state index contributed by atoms with van der Waals surface area (Å²) >= 11 is 5.16. The lowest BCUT2D eigenvalue weighted by molar-refractivity contribution is 0.737. The third-order valence-corrected chi connectivity index (χ3v) is 2.65. The molecule has 0 heterocycles. The minimum atomic E-state index is 0.768. The average molecular weight is 236 g/mol. The standard InChI is InChI=1S/C13H20N2S/c1-2-3-10-14-13(16)15-11-9-12-7-5-4-6-8-12/h4-8H,2-3,9-11H2,1H3,(H2,14,15,16). The fourth-order valence-corrected chi connectivity index (χ4v) is 1.61. The normalized spacial score (nSPS) is 9.81. The van der Waals surface area contributed by atoms with Crippen molar-refractivity contribution in [1.82, 2.24) is 10.6 Å². The summed E-state index contributed by atoms with van der Waals surface area (Å²) in [6.07, 6.45) is 3.37. The molecule has 0 bridgehead atoms. The van der Waals surface area contributed by atoms with Crippen LogP contribution in [0, 0.1) is 0 Å². The first-order chi connectivity index (χ1) is 7.83. The maximum atomic E-state index is 5.16. The molecule has 16 heavy (non-hydrogen) atoms. The number of rotatable bonds is 6. The molecule has 0 aliphatic carbocycles. The van der Waals surface area contributed by atoms with E-state index < -0.39 is 0 Å². The Labute approximate surface area is 103 Å². The van der Waals surface area contributed by atoms with Gasteiger partial charge in [-0.05, 0) is 30.6 Å². The van der Waals surface area contributed by atoms with Crippen LogP contribution < -0.4 is 10.6 Å². The van der Waals surface area contributed by atoms with Gasteiger partial charge in [0.25, 0.3) is 0 Å². The molecule has 0 fully saturated rings. The molecule has 0 spiro atoms. The van der Waals surface area contributed by atoms with Crippen molar-refractivity contribution in [2.45, 2.75) is 26.2 Å². The number of thiocarbonyl (C=S) groups is 1. The molecule has 0 unspecified atom stereocenters. The van der Waals surface area contributed by atoms with Crippen molar-refractivity contribution in [2.24, 2.45) is 0 Å². The summed E-state index contributed by atoms with van der Waals surface area (Å²) in [4.78, 5) is 0. The van der Waals surface area contributed by atoms with Crippen LogP contribution in [0.2, 0.25) is 0 Å². The van der Waals surface area contributed by atoms with Gasteiger partial charge < -0.3 is 10.6 Å². The molecule has 2 nitrogen and oxygen atoms in total. The molecule has 1 rings (SSSR count).